The summed E-state index contributed by atoms with van der Waals surface area (Å²) in [5.41, 5.74) is 0.745. The van der Waals surface area contributed by atoms with Gasteiger partial charge in [0.1, 0.15) is 5.54 Å². The Morgan fingerprint density at radius 3 is 2.61 bits per heavy atom. The van der Waals surface area contributed by atoms with E-state index >= 15 is 0 Å². The number of fused-ring (bicyclic) bond motifs is 1. The standard InChI is InChI=1S/C22H19N3O3/c26-20-22(10-17(11-22)28-14-15-6-2-1-3-7-15)24-21(27)25(20)19-13-23-12-16-8-4-5-9-18(16)19/h1-9,12-13,17H,10-11,14H2,(H,24,27). The lowest BCUT2D eigenvalue weighted by Crippen LogP contribution is -2.60. The molecule has 6 nitrogen and oxygen atoms in total. The molecule has 3 aromatic rings. The van der Waals surface area contributed by atoms with Crippen LogP contribution in [0, 0.1) is 0 Å². The number of aromatic nitrogens is 1. The first kappa shape index (κ1) is 16.9. The molecule has 2 heterocycles. The summed E-state index contributed by atoms with van der Waals surface area (Å²) in [6.07, 6.45) is 4.22. The van der Waals surface area contributed by atoms with Gasteiger partial charge >= 0.3 is 6.03 Å². The molecule has 3 amide bonds. The highest BCUT2D eigenvalue weighted by atomic mass is 16.5. The minimum atomic E-state index is -0.866. The van der Waals surface area contributed by atoms with Crippen molar-refractivity contribution in [2.45, 2.75) is 31.1 Å². The Hall–Kier alpha value is -3.25. The van der Waals surface area contributed by atoms with Crippen LogP contribution in [0.4, 0.5) is 10.5 Å². The van der Waals surface area contributed by atoms with E-state index in [1.165, 1.54) is 4.90 Å². The summed E-state index contributed by atoms with van der Waals surface area (Å²) in [6.45, 7) is 0.501. The molecular formula is C22H19N3O3. The fraction of sp³-hybridized carbons (Fsp3) is 0.227. The number of nitrogens with one attached hydrogen (secondary N) is 1. The van der Waals surface area contributed by atoms with Gasteiger partial charge < -0.3 is 10.1 Å². The van der Waals surface area contributed by atoms with Crippen molar-refractivity contribution < 1.29 is 14.3 Å². The summed E-state index contributed by atoms with van der Waals surface area (Å²) in [7, 11) is 0. The van der Waals surface area contributed by atoms with E-state index in [4.69, 9.17) is 4.74 Å². The van der Waals surface area contributed by atoms with Gasteiger partial charge in [0.05, 0.1) is 24.6 Å². The van der Waals surface area contributed by atoms with Crippen LogP contribution in [0.25, 0.3) is 10.8 Å². The number of hydrogen-bond donors (Lipinski definition) is 1. The van der Waals surface area contributed by atoms with Gasteiger partial charge in [-0.3, -0.25) is 9.78 Å². The van der Waals surface area contributed by atoms with Gasteiger partial charge in [0.15, 0.2) is 0 Å². The lowest BCUT2D eigenvalue weighted by Gasteiger charge is -2.42. The zero-order valence-electron chi connectivity index (χ0n) is 15.2. The minimum Gasteiger partial charge on any atom is -0.373 e. The summed E-state index contributed by atoms with van der Waals surface area (Å²) >= 11 is 0. The maximum Gasteiger partial charge on any atom is 0.329 e. The first-order chi connectivity index (χ1) is 13.7. The molecule has 1 aliphatic carbocycles. The molecule has 0 atom stereocenters. The molecule has 6 heteroatoms. The van der Waals surface area contributed by atoms with Crippen LogP contribution < -0.4 is 10.2 Å². The highest BCUT2D eigenvalue weighted by Gasteiger charge is 2.59. The maximum absolute atomic E-state index is 13.1. The Kier molecular flexibility index (Phi) is 3.87. The smallest absolute Gasteiger partial charge is 0.329 e. The predicted molar refractivity (Wildman–Crippen MR) is 105 cm³/mol. The molecule has 1 aliphatic heterocycles. The van der Waals surface area contributed by atoms with Crippen LogP contribution in [0.5, 0.6) is 0 Å². The van der Waals surface area contributed by atoms with Crippen LogP contribution >= 0.6 is 0 Å². The Balaban J connectivity index is 1.33. The average molecular weight is 373 g/mol. The van der Waals surface area contributed by atoms with Crippen molar-refractivity contribution in [2.75, 3.05) is 4.90 Å². The Morgan fingerprint density at radius 1 is 1.04 bits per heavy atom. The highest BCUT2D eigenvalue weighted by molar-refractivity contribution is 6.26. The zero-order valence-corrected chi connectivity index (χ0v) is 15.2. The number of nitrogens with zero attached hydrogens (tertiary/aromatic N) is 2. The monoisotopic (exact) mass is 373 g/mol. The summed E-state index contributed by atoms with van der Waals surface area (Å²) in [6, 6.07) is 17.1. The normalized spacial score (nSPS) is 23.9. The lowest BCUT2D eigenvalue weighted by atomic mass is 9.74. The van der Waals surface area contributed by atoms with Crippen LogP contribution in [-0.4, -0.2) is 28.6 Å². The Morgan fingerprint density at radius 2 is 1.79 bits per heavy atom. The first-order valence-electron chi connectivity index (χ1n) is 9.31. The summed E-state index contributed by atoms with van der Waals surface area (Å²) in [5, 5.41) is 4.60. The number of amides is 3. The summed E-state index contributed by atoms with van der Waals surface area (Å²) in [5.74, 6) is -0.227. The van der Waals surface area contributed by atoms with Crippen LogP contribution in [0.2, 0.25) is 0 Å². The van der Waals surface area contributed by atoms with E-state index in [0.29, 0.717) is 25.1 Å². The molecular weight excluding hydrogens is 354 g/mol. The van der Waals surface area contributed by atoms with E-state index in [1.54, 1.807) is 12.4 Å². The largest absolute Gasteiger partial charge is 0.373 e. The van der Waals surface area contributed by atoms with Gasteiger partial charge in [-0.2, -0.15) is 0 Å². The lowest BCUT2D eigenvalue weighted by molar-refractivity contribution is -0.133. The van der Waals surface area contributed by atoms with Crippen LogP contribution in [-0.2, 0) is 16.1 Å². The quantitative estimate of drug-likeness (QED) is 0.712. The number of urea groups is 1. The average Bonchev–Trinajstić information content (AvgIpc) is 2.96. The van der Waals surface area contributed by atoms with Crippen molar-refractivity contribution in [3.8, 4) is 0 Å². The molecule has 1 saturated heterocycles. The topological polar surface area (TPSA) is 71.5 Å². The van der Waals surface area contributed by atoms with Crippen LogP contribution in [0.3, 0.4) is 0 Å². The second-order valence-electron chi connectivity index (χ2n) is 7.36. The van der Waals surface area contributed by atoms with Gasteiger partial charge in [-0.1, -0.05) is 54.6 Å². The molecule has 2 aromatic carbocycles. The first-order valence-corrected chi connectivity index (χ1v) is 9.31. The fourth-order valence-corrected chi connectivity index (χ4v) is 4.02. The fourth-order valence-electron chi connectivity index (χ4n) is 4.02. The van der Waals surface area contributed by atoms with Gasteiger partial charge in [-0.05, 0) is 5.56 Å². The van der Waals surface area contributed by atoms with Gasteiger partial charge in [0.2, 0.25) is 0 Å². The van der Waals surface area contributed by atoms with E-state index in [-0.39, 0.29) is 12.0 Å². The van der Waals surface area contributed by atoms with Crippen molar-refractivity contribution in [2.24, 2.45) is 0 Å². The molecule has 2 aliphatic rings. The van der Waals surface area contributed by atoms with E-state index in [0.717, 1.165) is 16.3 Å². The second kappa shape index (κ2) is 6.42. The second-order valence-corrected chi connectivity index (χ2v) is 7.36. The SMILES string of the molecule is O=C1NC2(CC(OCc3ccccc3)C2)C(=O)N1c1cncc2ccccc12. The number of imide groups is 1. The predicted octanol–water partition coefficient (Wildman–Crippen LogP) is 3.41. The third-order valence-electron chi connectivity index (χ3n) is 5.53. The Labute approximate surface area is 162 Å². The van der Waals surface area contributed by atoms with Crippen molar-refractivity contribution in [3.05, 3.63) is 72.6 Å². The zero-order chi connectivity index (χ0) is 19.1. The number of benzene rings is 2. The number of hydrogen-bond acceptors (Lipinski definition) is 4. The molecule has 0 radical (unpaired) electrons. The number of ether oxygens (including phenoxy) is 1. The van der Waals surface area contributed by atoms with E-state index < -0.39 is 11.6 Å². The molecule has 1 spiro atoms. The number of anilines is 1. The van der Waals surface area contributed by atoms with Crippen molar-refractivity contribution in [1.82, 2.24) is 10.3 Å². The van der Waals surface area contributed by atoms with Crippen molar-refractivity contribution in [3.63, 3.8) is 0 Å². The molecule has 140 valence electrons. The number of rotatable bonds is 4. The van der Waals surface area contributed by atoms with Gasteiger partial charge in [-0.25, -0.2) is 9.69 Å². The summed E-state index contributed by atoms with van der Waals surface area (Å²) in [4.78, 5) is 31.2. The molecule has 1 saturated carbocycles. The third-order valence-corrected chi connectivity index (χ3v) is 5.53. The summed E-state index contributed by atoms with van der Waals surface area (Å²) < 4.78 is 5.91. The van der Waals surface area contributed by atoms with Crippen LogP contribution in [0.1, 0.15) is 18.4 Å². The molecule has 1 aromatic heterocycles. The van der Waals surface area contributed by atoms with E-state index in [9.17, 15) is 9.59 Å². The number of carbonyl (C=O) groups is 2. The number of pyridine rings is 1. The minimum absolute atomic E-state index is 0.0463. The highest BCUT2D eigenvalue weighted by Crippen LogP contribution is 2.42. The number of carbonyl (C=O) groups excluding carboxylic acids is 2. The van der Waals surface area contributed by atoms with Crippen molar-refractivity contribution in [1.29, 1.82) is 0 Å². The van der Waals surface area contributed by atoms with E-state index in [1.807, 2.05) is 54.6 Å². The van der Waals surface area contributed by atoms with E-state index in [2.05, 4.69) is 10.3 Å². The van der Waals surface area contributed by atoms with Gasteiger partial charge in [0.25, 0.3) is 5.91 Å². The third kappa shape index (κ3) is 2.65. The molecule has 5 rings (SSSR count). The maximum atomic E-state index is 13.1. The molecule has 0 unspecified atom stereocenters. The molecule has 28 heavy (non-hydrogen) atoms. The van der Waals surface area contributed by atoms with Gasteiger partial charge in [0, 0.05) is 29.8 Å². The molecule has 1 N–H and O–H groups in total. The van der Waals surface area contributed by atoms with Gasteiger partial charge in [-0.15, -0.1) is 0 Å². The van der Waals surface area contributed by atoms with Crippen LogP contribution in [0.15, 0.2) is 67.0 Å². The molecule has 2 fully saturated rings. The Bertz CT molecular complexity index is 1060. The molecule has 0 bridgehead atoms. The van der Waals surface area contributed by atoms with Crippen molar-refractivity contribution >= 4 is 28.4 Å².